The Morgan fingerprint density at radius 2 is 0.482 bits per heavy atom. The van der Waals surface area contributed by atoms with Gasteiger partial charge < -0.3 is 14.2 Å². The average molecular weight is 1150 g/mol. The lowest BCUT2D eigenvalue weighted by atomic mass is 10.1. The van der Waals surface area contributed by atoms with Gasteiger partial charge in [0, 0.05) is 19.3 Å². The second-order valence-corrected chi connectivity index (χ2v) is 22.3. The van der Waals surface area contributed by atoms with Crippen molar-refractivity contribution in [3.05, 3.63) is 146 Å². The molecule has 1 atom stereocenters. The molecule has 6 nitrogen and oxygen atoms in total. The Bertz CT molecular complexity index is 1800. The van der Waals surface area contributed by atoms with Gasteiger partial charge in [-0.2, -0.15) is 0 Å². The summed E-state index contributed by atoms with van der Waals surface area (Å²) in [7, 11) is 0. The molecule has 0 fully saturated rings. The molecule has 0 saturated heterocycles. The predicted octanol–water partition coefficient (Wildman–Crippen LogP) is 23.9. The summed E-state index contributed by atoms with van der Waals surface area (Å²) in [6.45, 7) is 6.46. The summed E-state index contributed by atoms with van der Waals surface area (Å²) in [4.78, 5) is 38.3. The van der Waals surface area contributed by atoms with Gasteiger partial charge in [0.1, 0.15) is 13.2 Å². The monoisotopic (exact) mass is 1150 g/mol. The fourth-order valence-electron chi connectivity index (χ4n) is 9.15. The summed E-state index contributed by atoms with van der Waals surface area (Å²) in [6, 6.07) is 0. The van der Waals surface area contributed by atoms with Crippen LogP contribution in [0.1, 0.15) is 303 Å². The average Bonchev–Trinajstić information content (AvgIpc) is 3.48. The van der Waals surface area contributed by atoms with Crippen molar-refractivity contribution in [3.8, 4) is 0 Å². The number of rotatable bonds is 61. The molecule has 0 aromatic rings. The van der Waals surface area contributed by atoms with Gasteiger partial charge in [0.15, 0.2) is 6.10 Å². The maximum atomic E-state index is 12.9. The van der Waals surface area contributed by atoms with Gasteiger partial charge in [-0.25, -0.2) is 0 Å². The lowest BCUT2D eigenvalue weighted by Gasteiger charge is -2.18. The van der Waals surface area contributed by atoms with Crippen LogP contribution in [0.4, 0.5) is 0 Å². The molecule has 0 saturated carbocycles. The first-order chi connectivity index (χ1) is 41.0. The summed E-state index contributed by atoms with van der Waals surface area (Å²) in [5, 5.41) is 0. The molecule has 0 radical (unpaired) electrons. The first kappa shape index (κ1) is 78.3. The van der Waals surface area contributed by atoms with Crippen molar-refractivity contribution in [2.75, 3.05) is 13.2 Å². The van der Waals surface area contributed by atoms with Crippen molar-refractivity contribution in [3.63, 3.8) is 0 Å². The summed E-state index contributed by atoms with van der Waals surface area (Å²) in [5.74, 6) is -0.928. The number of allylic oxidation sites excluding steroid dienone is 24. The normalized spacial score (nSPS) is 13.0. The zero-order valence-electron chi connectivity index (χ0n) is 53.9. The summed E-state index contributed by atoms with van der Waals surface area (Å²) in [5.41, 5.74) is 0. The van der Waals surface area contributed by atoms with Gasteiger partial charge in [-0.1, -0.05) is 289 Å². The molecule has 0 aliphatic rings. The van der Waals surface area contributed by atoms with Gasteiger partial charge in [-0.3, -0.25) is 14.4 Å². The van der Waals surface area contributed by atoms with E-state index >= 15 is 0 Å². The van der Waals surface area contributed by atoms with E-state index in [1.165, 1.54) is 116 Å². The van der Waals surface area contributed by atoms with E-state index in [0.717, 1.165) is 148 Å². The zero-order chi connectivity index (χ0) is 59.9. The summed E-state index contributed by atoms with van der Waals surface area (Å²) < 4.78 is 16.9. The van der Waals surface area contributed by atoms with Crippen molar-refractivity contribution >= 4 is 17.9 Å². The van der Waals surface area contributed by atoms with Crippen LogP contribution < -0.4 is 0 Å². The first-order valence-corrected chi connectivity index (χ1v) is 34.3. The number of esters is 3. The third-order valence-corrected chi connectivity index (χ3v) is 14.3. The molecule has 0 rings (SSSR count). The van der Waals surface area contributed by atoms with E-state index in [2.05, 4.69) is 167 Å². The lowest BCUT2D eigenvalue weighted by molar-refractivity contribution is -0.167. The highest BCUT2D eigenvalue weighted by Gasteiger charge is 2.19. The van der Waals surface area contributed by atoms with Gasteiger partial charge in [0.05, 0.1) is 0 Å². The molecule has 1 unspecified atom stereocenters. The van der Waals surface area contributed by atoms with Crippen LogP contribution in [0.25, 0.3) is 0 Å². The van der Waals surface area contributed by atoms with Crippen molar-refractivity contribution in [2.45, 2.75) is 309 Å². The summed E-state index contributed by atoms with van der Waals surface area (Å²) in [6.07, 6.45) is 100. The highest BCUT2D eigenvalue weighted by molar-refractivity contribution is 5.71. The quantitative estimate of drug-likeness (QED) is 0.0261. The number of hydrogen-bond acceptors (Lipinski definition) is 6. The molecule has 0 aliphatic carbocycles. The largest absolute Gasteiger partial charge is 0.462 e. The van der Waals surface area contributed by atoms with E-state index in [0.29, 0.717) is 19.3 Å². The second-order valence-electron chi connectivity index (χ2n) is 22.3. The fourth-order valence-corrected chi connectivity index (χ4v) is 9.15. The molecule has 83 heavy (non-hydrogen) atoms. The highest BCUT2D eigenvalue weighted by atomic mass is 16.6. The minimum absolute atomic E-state index is 0.0941. The standard InChI is InChI=1S/C77H126O6/c1-4-7-10-13-16-19-22-24-26-28-30-31-32-33-34-35-36-37-38-39-40-41-42-43-44-45-47-48-50-52-55-58-61-64-67-70-76(79)82-73-74(72-81-75(78)69-66-63-60-57-54-21-18-15-12-9-6-3)83-77(80)71-68-65-62-59-56-53-51-49-46-29-27-25-23-20-17-14-11-8-5-2/h7,10,15-16,18-19,24-27,30-31,33-34,36-37,39-40,42-43,45,47,50,52,74H,4-6,8-9,11-14,17,20-23,28-29,32,35,38,41,44,46,48-49,51,53-73H2,1-3H3/b10-7-,18-15-,19-16-,26-24-,27-25-,31-30-,34-33-,37-36-,40-39-,43-42-,47-45-,52-50-. The maximum absolute atomic E-state index is 12.9. The van der Waals surface area contributed by atoms with Gasteiger partial charge in [0.2, 0.25) is 0 Å². The van der Waals surface area contributed by atoms with Gasteiger partial charge in [0.25, 0.3) is 0 Å². The summed E-state index contributed by atoms with van der Waals surface area (Å²) >= 11 is 0. The van der Waals surface area contributed by atoms with E-state index in [9.17, 15) is 14.4 Å². The highest BCUT2D eigenvalue weighted by Crippen LogP contribution is 2.15. The van der Waals surface area contributed by atoms with Crippen LogP contribution in [0, 0.1) is 0 Å². The molecule has 0 N–H and O–H groups in total. The van der Waals surface area contributed by atoms with E-state index < -0.39 is 6.10 Å². The Balaban J connectivity index is 4.31. The number of carbonyl (C=O) groups excluding carboxylic acids is 3. The molecule has 0 aromatic carbocycles. The van der Waals surface area contributed by atoms with Crippen molar-refractivity contribution in [1.82, 2.24) is 0 Å². The Hall–Kier alpha value is -4.71. The molecule has 0 bridgehead atoms. The zero-order valence-corrected chi connectivity index (χ0v) is 53.9. The third-order valence-electron chi connectivity index (χ3n) is 14.3. The van der Waals surface area contributed by atoms with E-state index in [1.54, 1.807) is 0 Å². The van der Waals surface area contributed by atoms with Gasteiger partial charge >= 0.3 is 17.9 Å². The van der Waals surface area contributed by atoms with Gasteiger partial charge in [-0.05, 0) is 141 Å². The van der Waals surface area contributed by atoms with Crippen molar-refractivity contribution in [1.29, 1.82) is 0 Å². The van der Waals surface area contributed by atoms with Crippen molar-refractivity contribution < 1.29 is 28.6 Å². The number of hydrogen-bond donors (Lipinski definition) is 0. The number of carbonyl (C=O) groups is 3. The number of ether oxygens (including phenoxy) is 3. The maximum Gasteiger partial charge on any atom is 0.306 e. The van der Waals surface area contributed by atoms with E-state index in [1.807, 2.05) is 0 Å². The minimum Gasteiger partial charge on any atom is -0.462 e. The van der Waals surface area contributed by atoms with Crippen LogP contribution in [0.5, 0.6) is 0 Å². The molecule has 6 heteroatoms. The molecule has 0 aromatic heterocycles. The minimum atomic E-state index is -0.798. The van der Waals surface area contributed by atoms with Crippen LogP contribution in [-0.4, -0.2) is 37.2 Å². The molecule has 0 amide bonds. The van der Waals surface area contributed by atoms with Crippen LogP contribution in [0.15, 0.2) is 146 Å². The smallest absolute Gasteiger partial charge is 0.306 e. The molecule has 0 aliphatic heterocycles. The van der Waals surface area contributed by atoms with Crippen molar-refractivity contribution in [2.24, 2.45) is 0 Å². The molecular weight excluding hydrogens is 1020 g/mol. The SMILES string of the molecule is CC/C=C\C/C=C\C/C=C\C/C=C\C/C=C\C/C=C\C/C=C\C/C=C\C/C=C\C/C=C\CCCCCCC(=O)OCC(COC(=O)CCCCCCC/C=C\CCCC)OC(=O)CCCCCCCCCCC/C=C\CCCCCCCC. The van der Waals surface area contributed by atoms with Crippen LogP contribution in [0.3, 0.4) is 0 Å². The van der Waals surface area contributed by atoms with E-state index in [4.69, 9.17) is 14.2 Å². The fraction of sp³-hybridized carbons (Fsp3) is 0.649. The Morgan fingerprint density at radius 1 is 0.253 bits per heavy atom. The Morgan fingerprint density at radius 3 is 0.783 bits per heavy atom. The molecule has 470 valence electrons. The third kappa shape index (κ3) is 68.0. The molecule has 0 heterocycles. The van der Waals surface area contributed by atoms with Crippen LogP contribution in [0.2, 0.25) is 0 Å². The van der Waals surface area contributed by atoms with Gasteiger partial charge in [-0.15, -0.1) is 0 Å². The molecular formula is C77H126O6. The predicted molar refractivity (Wildman–Crippen MR) is 362 cm³/mol. The molecule has 0 spiro atoms. The van der Waals surface area contributed by atoms with Crippen LogP contribution in [-0.2, 0) is 28.6 Å². The Labute approximate surface area is 512 Å². The topological polar surface area (TPSA) is 78.9 Å². The van der Waals surface area contributed by atoms with Crippen LogP contribution >= 0.6 is 0 Å². The second kappa shape index (κ2) is 69.8. The first-order valence-electron chi connectivity index (χ1n) is 34.3. The Kier molecular flexibility index (Phi) is 65.8. The number of unbranched alkanes of at least 4 members (excludes halogenated alkanes) is 26. The lowest BCUT2D eigenvalue weighted by Crippen LogP contribution is -2.30. The van der Waals surface area contributed by atoms with E-state index in [-0.39, 0.29) is 31.1 Å².